The van der Waals surface area contributed by atoms with Gasteiger partial charge in [-0.2, -0.15) is 0 Å². The van der Waals surface area contributed by atoms with E-state index in [9.17, 15) is 0 Å². The van der Waals surface area contributed by atoms with Crippen molar-refractivity contribution >= 4 is 10.9 Å². The fourth-order valence-corrected chi connectivity index (χ4v) is 2.27. The molecular weight excluding hydrogens is 196 g/mol. The van der Waals surface area contributed by atoms with Crippen molar-refractivity contribution in [3.05, 3.63) is 35.5 Å². The number of nitrogens with zero attached hydrogens (tertiary/aromatic N) is 1. The Balaban J connectivity index is 2.37. The molecule has 0 unspecified atom stereocenters. The molecule has 2 aromatic rings. The Labute approximate surface area is 97.3 Å². The topological polar surface area (TPSA) is 17.0 Å². The number of benzene rings is 1. The van der Waals surface area contributed by atoms with Gasteiger partial charge in [-0.05, 0) is 31.5 Å². The molecule has 0 aliphatic heterocycles. The van der Waals surface area contributed by atoms with Crippen LogP contribution in [0.2, 0.25) is 0 Å². The summed E-state index contributed by atoms with van der Waals surface area (Å²) in [7, 11) is 2.15. The van der Waals surface area contributed by atoms with E-state index in [0.29, 0.717) is 0 Å². The van der Waals surface area contributed by atoms with Crippen molar-refractivity contribution in [3.63, 3.8) is 0 Å². The summed E-state index contributed by atoms with van der Waals surface area (Å²) in [5, 5.41) is 4.85. The molecule has 0 amide bonds. The van der Waals surface area contributed by atoms with Crippen LogP contribution in [0.1, 0.15) is 24.6 Å². The van der Waals surface area contributed by atoms with Gasteiger partial charge in [0, 0.05) is 30.2 Å². The highest BCUT2D eigenvalue weighted by molar-refractivity contribution is 5.85. The molecule has 0 aliphatic rings. The lowest BCUT2D eigenvalue weighted by atomic mass is 10.1. The zero-order valence-electron chi connectivity index (χ0n) is 10.4. The van der Waals surface area contributed by atoms with Crippen LogP contribution in [0.25, 0.3) is 10.9 Å². The Hall–Kier alpha value is -1.28. The molecule has 16 heavy (non-hydrogen) atoms. The Morgan fingerprint density at radius 3 is 2.69 bits per heavy atom. The first kappa shape index (κ1) is 11.2. The minimum absolute atomic E-state index is 0.963. The van der Waals surface area contributed by atoms with E-state index >= 15 is 0 Å². The summed E-state index contributed by atoms with van der Waals surface area (Å²) in [4.78, 5) is 0. The normalized spacial score (nSPS) is 11.2. The molecule has 86 valence electrons. The first-order valence-electron chi connectivity index (χ1n) is 5.99. The summed E-state index contributed by atoms with van der Waals surface area (Å²) >= 11 is 0. The molecule has 0 saturated carbocycles. The lowest BCUT2D eigenvalue weighted by molar-refractivity contribution is 0.645. The van der Waals surface area contributed by atoms with Crippen LogP contribution in [0.5, 0.6) is 0 Å². The highest BCUT2D eigenvalue weighted by atomic mass is 15.0. The van der Waals surface area contributed by atoms with Crippen LogP contribution >= 0.6 is 0 Å². The van der Waals surface area contributed by atoms with Crippen LogP contribution in [-0.2, 0) is 13.6 Å². The average Bonchev–Trinajstić information content (AvgIpc) is 2.55. The van der Waals surface area contributed by atoms with E-state index in [1.54, 1.807) is 0 Å². The van der Waals surface area contributed by atoms with E-state index in [1.807, 2.05) is 0 Å². The van der Waals surface area contributed by atoms with E-state index in [2.05, 4.69) is 55.0 Å². The second-order valence-corrected chi connectivity index (χ2v) is 4.32. The molecule has 2 heteroatoms. The maximum atomic E-state index is 3.47. The number of aryl methyl sites for hydroxylation is 2. The summed E-state index contributed by atoms with van der Waals surface area (Å²) in [6.45, 7) is 6.46. The number of hydrogen-bond donors (Lipinski definition) is 1. The van der Waals surface area contributed by atoms with Gasteiger partial charge in [0.15, 0.2) is 0 Å². The SMILES string of the molecule is CCCNCc1c(C)c2ccccc2n1C. The Morgan fingerprint density at radius 1 is 1.25 bits per heavy atom. The molecule has 0 radical (unpaired) electrons. The van der Waals surface area contributed by atoms with Gasteiger partial charge in [-0.3, -0.25) is 0 Å². The molecule has 1 aromatic carbocycles. The highest BCUT2D eigenvalue weighted by Gasteiger charge is 2.09. The van der Waals surface area contributed by atoms with Crippen LogP contribution in [-0.4, -0.2) is 11.1 Å². The fourth-order valence-electron chi connectivity index (χ4n) is 2.27. The maximum absolute atomic E-state index is 3.47. The monoisotopic (exact) mass is 216 g/mol. The van der Waals surface area contributed by atoms with Gasteiger partial charge in [0.25, 0.3) is 0 Å². The number of rotatable bonds is 4. The van der Waals surface area contributed by atoms with Gasteiger partial charge in [0.1, 0.15) is 0 Å². The van der Waals surface area contributed by atoms with Gasteiger partial charge in [0.05, 0.1) is 0 Å². The van der Waals surface area contributed by atoms with E-state index in [-0.39, 0.29) is 0 Å². The average molecular weight is 216 g/mol. The lowest BCUT2D eigenvalue weighted by Crippen LogP contribution is -2.16. The molecule has 2 rings (SSSR count). The zero-order chi connectivity index (χ0) is 11.5. The summed E-state index contributed by atoms with van der Waals surface area (Å²) in [6.07, 6.45) is 1.18. The smallest absolute Gasteiger partial charge is 0.0483 e. The third-order valence-corrected chi connectivity index (χ3v) is 3.23. The standard InChI is InChI=1S/C14H20N2/c1-4-9-15-10-14-11(2)12-7-5-6-8-13(12)16(14)3/h5-8,15H,4,9-10H2,1-3H3. The fraction of sp³-hybridized carbons (Fsp3) is 0.429. The lowest BCUT2D eigenvalue weighted by Gasteiger charge is -2.06. The van der Waals surface area contributed by atoms with Crippen LogP contribution in [0.3, 0.4) is 0 Å². The molecule has 0 atom stereocenters. The predicted molar refractivity (Wildman–Crippen MR) is 69.7 cm³/mol. The molecular formula is C14H20N2. The summed E-state index contributed by atoms with van der Waals surface area (Å²) < 4.78 is 2.30. The van der Waals surface area contributed by atoms with Crippen molar-refractivity contribution in [1.29, 1.82) is 0 Å². The van der Waals surface area contributed by atoms with Gasteiger partial charge in [-0.15, -0.1) is 0 Å². The zero-order valence-corrected chi connectivity index (χ0v) is 10.4. The predicted octanol–water partition coefficient (Wildman–Crippen LogP) is 2.99. The number of aromatic nitrogens is 1. The van der Waals surface area contributed by atoms with E-state index in [4.69, 9.17) is 0 Å². The van der Waals surface area contributed by atoms with Crippen molar-refractivity contribution < 1.29 is 0 Å². The van der Waals surface area contributed by atoms with E-state index < -0.39 is 0 Å². The first-order valence-corrected chi connectivity index (χ1v) is 5.99. The highest BCUT2D eigenvalue weighted by Crippen LogP contribution is 2.23. The Bertz CT molecular complexity index is 444. The number of para-hydroxylation sites is 1. The largest absolute Gasteiger partial charge is 0.346 e. The van der Waals surface area contributed by atoms with Crippen molar-refractivity contribution in [2.75, 3.05) is 6.54 Å². The third kappa shape index (κ3) is 1.85. The van der Waals surface area contributed by atoms with Crippen LogP contribution in [0, 0.1) is 6.92 Å². The summed E-state index contributed by atoms with van der Waals surface area (Å²) in [5.41, 5.74) is 4.13. The Kier molecular flexibility index (Phi) is 3.30. The second-order valence-electron chi connectivity index (χ2n) is 4.32. The van der Waals surface area contributed by atoms with Crippen molar-refractivity contribution in [1.82, 2.24) is 9.88 Å². The quantitative estimate of drug-likeness (QED) is 0.777. The third-order valence-electron chi connectivity index (χ3n) is 3.23. The van der Waals surface area contributed by atoms with E-state index in [0.717, 1.165) is 13.1 Å². The summed E-state index contributed by atoms with van der Waals surface area (Å²) in [5.74, 6) is 0. The van der Waals surface area contributed by atoms with Crippen molar-refractivity contribution in [2.24, 2.45) is 7.05 Å². The van der Waals surface area contributed by atoms with E-state index in [1.165, 1.54) is 28.6 Å². The van der Waals surface area contributed by atoms with Crippen LogP contribution < -0.4 is 5.32 Å². The van der Waals surface area contributed by atoms with Gasteiger partial charge >= 0.3 is 0 Å². The van der Waals surface area contributed by atoms with Gasteiger partial charge < -0.3 is 9.88 Å². The molecule has 0 fully saturated rings. The minimum Gasteiger partial charge on any atom is -0.346 e. The molecule has 1 heterocycles. The number of nitrogens with one attached hydrogen (secondary N) is 1. The van der Waals surface area contributed by atoms with Crippen LogP contribution in [0.15, 0.2) is 24.3 Å². The second kappa shape index (κ2) is 4.71. The molecule has 1 aromatic heterocycles. The molecule has 0 bridgehead atoms. The van der Waals surface area contributed by atoms with Crippen molar-refractivity contribution in [3.8, 4) is 0 Å². The van der Waals surface area contributed by atoms with Gasteiger partial charge in [-0.1, -0.05) is 25.1 Å². The van der Waals surface area contributed by atoms with Crippen LogP contribution in [0.4, 0.5) is 0 Å². The van der Waals surface area contributed by atoms with Gasteiger partial charge in [0.2, 0.25) is 0 Å². The minimum atomic E-state index is 0.963. The molecule has 0 spiro atoms. The number of hydrogen-bond acceptors (Lipinski definition) is 1. The molecule has 0 saturated heterocycles. The Morgan fingerprint density at radius 2 is 2.00 bits per heavy atom. The van der Waals surface area contributed by atoms with Crippen molar-refractivity contribution in [2.45, 2.75) is 26.8 Å². The first-order chi connectivity index (χ1) is 7.75. The molecule has 1 N–H and O–H groups in total. The molecule has 0 aliphatic carbocycles. The maximum Gasteiger partial charge on any atom is 0.0483 e. The number of fused-ring (bicyclic) bond motifs is 1. The summed E-state index contributed by atoms with van der Waals surface area (Å²) in [6, 6.07) is 8.60. The van der Waals surface area contributed by atoms with Gasteiger partial charge in [-0.25, -0.2) is 0 Å². The molecule has 2 nitrogen and oxygen atoms in total.